The lowest BCUT2D eigenvalue weighted by Gasteiger charge is -2.31. The van der Waals surface area contributed by atoms with Crippen LogP contribution in [-0.2, 0) is 4.79 Å². The molecule has 0 aromatic carbocycles. The highest BCUT2D eigenvalue weighted by Gasteiger charge is 2.37. The number of thioether (sulfide) groups is 1. The summed E-state index contributed by atoms with van der Waals surface area (Å²) in [5.41, 5.74) is 5.65. The number of nitrogens with two attached hydrogens (primary N) is 1. The maximum atomic E-state index is 12.5. The van der Waals surface area contributed by atoms with Gasteiger partial charge in [0.2, 0.25) is 5.91 Å². The fourth-order valence-corrected chi connectivity index (χ4v) is 3.59. The van der Waals surface area contributed by atoms with Crippen LogP contribution < -0.4 is 11.1 Å². The normalized spacial score (nSPS) is 20.6. The average Bonchev–Trinajstić information content (AvgIpc) is 2.65. The number of carbonyl (C=O) groups is 1. The summed E-state index contributed by atoms with van der Waals surface area (Å²) in [7, 11) is 0. The van der Waals surface area contributed by atoms with Crippen molar-refractivity contribution in [1.29, 1.82) is 0 Å². The Morgan fingerprint density at radius 2 is 1.95 bits per heavy atom. The molecule has 0 heterocycles. The molecule has 112 valence electrons. The van der Waals surface area contributed by atoms with E-state index in [1.807, 2.05) is 11.8 Å². The predicted octanol–water partition coefficient (Wildman–Crippen LogP) is 2.93. The Morgan fingerprint density at radius 3 is 2.47 bits per heavy atom. The van der Waals surface area contributed by atoms with Crippen molar-refractivity contribution >= 4 is 17.7 Å². The number of carbonyl (C=O) groups excluding carboxylic acids is 1. The van der Waals surface area contributed by atoms with E-state index < -0.39 is 0 Å². The van der Waals surface area contributed by atoms with Crippen molar-refractivity contribution in [3.8, 4) is 0 Å². The molecule has 3 nitrogen and oxygen atoms in total. The van der Waals surface area contributed by atoms with E-state index in [0.29, 0.717) is 6.54 Å². The molecule has 19 heavy (non-hydrogen) atoms. The van der Waals surface area contributed by atoms with E-state index in [1.54, 1.807) is 0 Å². The van der Waals surface area contributed by atoms with Crippen LogP contribution in [0.25, 0.3) is 0 Å². The maximum Gasteiger partial charge on any atom is 0.227 e. The van der Waals surface area contributed by atoms with Crippen molar-refractivity contribution < 1.29 is 4.79 Å². The van der Waals surface area contributed by atoms with Crippen LogP contribution in [0.3, 0.4) is 0 Å². The summed E-state index contributed by atoms with van der Waals surface area (Å²) in [6, 6.07) is 0.262. The molecule has 1 rings (SSSR count). The Hall–Kier alpha value is -0.220. The van der Waals surface area contributed by atoms with E-state index >= 15 is 0 Å². The Kier molecular flexibility index (Phi) is 7.84. The first kappa shape index (κ1) is 16.8. The van der Waals surface area contributed by atoms with Crippen molar-refractivity contribution in [2.45, 2.75) is 64.8 Å². The Labute approximate surface area is 122 Å². The zero-order chi connectivity index (χ0) is 14.1. The maximum absolute atomic E-state index is 12.5. The summed E-state index contributed by atoms with van der Waals surface area (Å²) in [6.45, 7) is 4.77. The van der Waals surface area contributed by atoms with Crippen LogP contribution in [0, 0.1) is 5.41 Å². The summed E-state index contributed by atoms with van der Waals surface area (Å²) in [4.78, 5) is 12.5. The predicted molar refractivity (Wildman–Crippen MR) is 84.4 cm³/mol. The molecule has 3 N–H and O–H groups in total. The standard InChI is InChI=1S/C15H30N2OS/c1-3-19-11-8-13(2)17-14(18)15(12-16)9-6-4-5-7-10-15/h13H,3-12,16H2,1-2H3,(H,17,18). The van der Waals surface area contributed by atoms with Gasteiger partial charge in [0.25, 0.3) is 0 Å². The quantitative estimate of drug-likeness (QED) is 0.559. The molecular weight excluding hydrogens is 256 g/mol. The minimum absolute atomic E-state index is 0.200. The third-order valence-corrected chi connectivity index (χ3v) is 5.14. The number of amides is 1. The first-order valence-electron chi connectivity index (χ1n) is 7.73. The molecule has 1 saturated carbocycles. The second-order valence-electron chi connectivity index (χ2n) is 5.76. The van der Waals surface area contributed by atoms with Crippen molar-refractivity contribution in [3.05, 3.63) is 0 Å². The van der Waals surface area contributed by atoms with Gasteiger partial charge in [-0.3, -0.25) is 4.79 Å². The molecule has 4 heteroatoms. The van der Waals surface area contributed by atoms with Gasteiger partial charge in [-0.1, -0.05) is 32.6 Å². The molecule has 0 aromatic rings. The third-order valence-electron chi connectivity index (χ3n) is 4.21. The van der Waals surface area contributed by atoms with Crippen LogP contribution in [0.4, 0.5) is 0 Å². The lowest BCUT2D eigenvalue weighted by Crippen LogP contribution is -2.48. The zero-order valence-electron chi connectivity index (χ0n) is 12.5. The topological polar surface area (TPSA) is 55.1 Å². The van der Waals surface area contributed by atoms with E-state index in [9.17, 15) is 4.79 Å². The Bertz CT molecular complexity index is 263. The second-order valence-corrected chi connectivity index (χ2v) is 7.15. The van der Waals surface area contributed by atoms with Gasteiger partial charge in [-0.05, 0) is 37.7 Å². The fourth-order valence-electron chi connectivity index (χ4n) is 2.78. The van der Waals surface area contributed by atoms with Crippen LogP contribution in [0.2, 0.25) is 0 Å². The van der Waals surface area contributed by atoms with E-state index in [-0.39, 0.29) is 17.4 Å². The van der Waals surface area contributed by atoms with Crippen LogP contribution in [0.15, 0.2) is 0 Å². The highest BCUT2D eigenvalue weighted by Crippen LogP contribution is 2.34. The summed E-state index contributed by atoms with van der Waals surface area (Å²) in [5, 5.41) is 3.20. The molecule has 0 saturated heterocycles. The molecule has 1 unspecified atom stereocenters. The van der Waals surface area contributed by atoms with Gasteiger partial charge in [0, 0.05) is 12.6 Å². The average molecular weight is 286 g/mol. The van der Waals surface area contributed by atoms with Gasteiger partial charge in [0.05, 0.1) is 5.41 Å². The lowest BCUT2D eigenvalue weighted by molar-refractivity contribution is -0.132. The van der Waals surface area contributed by atoms with Crippen LogP contribution in [0.1, 0.15) is 58.8 Å². The minimum Gasteiger partial charge on any atom is -0.353 e. The van der Waals surface area contributed by atoms with E-state index in [4.69, 9.17) is 5.73 Å². The summed E-state index contributed by atoms with van der Waals surface area (Å²) in [6.07, 6.45) is 7.76. The highest BCUT2D eigenvalue weighted by atomic mass is 32.2. The van der Waals surface area contributed by atoms with Crippen LogP contribution in [0.5, 0.6) is 0 Å². The third kappa shape index (κ3) is 5.35. The number of nitrogens with one attached hydrogen (secondary N) is 1. The Morgan fingerprint density at radius 1 is 1.32 bits per heavy atom. The van der Waals surface area contributed by atoms with Gasteiger partial charge in [-0.25, -0.2) is 0 Å². The van der Waals surface area contributed by atoms with Gasteiger partial charge < -0.3 is 11.1 Å². The zero-order valence-corrected chi connectivity index (χ0v) is 13.4. The molecule has 0 radical (unpaired) electrons. The first-order chi connectivity index (χ1) is 9.14. The summed E-state index contributed by atoms with van der Waals surface area (Å²) in [5.74, 6) is 2.46. The molecular formula is C15H30N2OS. The smallest absolute Gasteiger partial charge is 0.227 e. The largest absolute Gasteiger partial charge is 0.353 e. The molecule has 1 aliphatic carbocycles. The van der Waals surface area contributed by atoms with Crippen molar-refractivity contribution in [3.63, 3.8) is 0 Å². The molecule has 0 aliphatic heterocycles. The van der Waals surface area contributed by atoms with Gasteiger partial charge in [0.15, 0.2) is 0 Å². The number of rotatable bonds is 7. The molecule has 0 bridgehead atoms. The van der Waals surface area contributed by atoms with E-state index in [2.05, 4.69) is 19.2 Å². The first-order valence-corrected chi connectivity index (χ1v) is 8.89. The van der Waals surface area contributed by atoms with Gasteiger partial charge in [-0.15, -0.1) is 0 Å². The second kappa shape index (κ2) is 8.85. The molecule has 0 aromatic heterocycles. The van der Waals surface area contributed by atoms with E-state index in [0.717, 1.165) is 43.6 Å². The summed E-state index contributed by atoms with van der Waals surface area (Å²) >= 11 is 1.93. The molecule has 0 spiro atoms. The van der Waals surface area contributed by atoms with Crippen molar-refractivity contribution in [1.82, 2.24) is 5.32 Å². The van der Waals surface area contributed by atoms with Crippen molar-refractivity contribution in [2.24, 2.45) is 11.1 Å². The lowest BCUT2D eigenvalue weighted by atomic mass is 9.79. The molecule has 1 amide bonds. The molecule has 1 aliphatic rings. The van der Waals surface area contributed by atoms with Gasteiger partial charge in [0.1, 0.15) is 0 Å². The highest BCUT2D eigenvalue weighted by molar-refractivity contribution is 7.99. The number of hydrogen-bond acceptors (Lipinski definition) is 3. The number of hydrogen-bond donors (Lipinski definition) is 2. The SMILES string of the molecule is CCSCCC(C)NC(=O)C1(CN)CCCCCC1. The summed E-state index contributed by atoms with van der Waals surface area (Å²) < 4.78 is 0. The van der Waals surface area contributed by atoms with Gasteiger partial charge in [-0.2, -0.15) is 11.8 Å². The molecule has 1 atom stereocenters. The van der Waals surface area contributed by atoms with Crippen molar-refractivity contribution in [2.75, 3.05) is 18.1 Å². The van der Waals surface area contributed by atoms with Crippen LogP contribution in [-0.4, -0.2) is 30.0 Å². The van der Waals surface area contributed by atoms with E-state index in [1.165, 1.54) is 12.8 Å². The minimum atomic E-state index is -0.289. The van der Waals surface area contributed by atoms with Gasteiger partial charge >= 0.3 is 0 Å². The molecule has 1 fully saturated rings. The Balaban J connectivity index is 2.48. The monoisotopic (exact) mass is 286 g/mol. The fraction of sp³-hybridized carbons (Fsp3) is 0.933. The van der Waals surface area contributed by atoms with Crippen LogP contribution >= 0.6 is 11.8 Å².